The largest absolute Gasteiger partial charge is 0.394 e. The SMILES string of the molecule is C=C(/C=C\NC)C(C)(N)c1cccc(C)c1. The van der Waals surface area contributed by atoms with Gasteiger partial charge in [0.1, 0.15) is 0 Å². The van der Waals surface area contributed by atoms with Crippen molar-refractivity contribution in [3.05, 3.63) is 59.8 Å². The van der Waals surface area contributed by atoms with Crippen molar-refractivity contribution in [1.29, 1.82) is 0 Å². The molecule has 2 nitrogen and oxygen atoms in total. The highest BCUT2D eigenvalue weighted by molar-refractivity contribution is 5.39. The van der Waals surface area contributed by atoms with Crippen molar-refractivity contribution in [2.75, 3.05) is 7.05 Å². The highest BCUT2D eigenvalue weighted by Crippen LogP contribution is 2.26. The Morgan fingerprint density at radius 3 is 2.75 bits per heavy atom. The normalized spacial score (nSPS) is 14.8. The van der Waals surface area contributed by atoms with Gasteiger partial charge in [0.2, 0.25) is 0 Å². The fourth-order valence-corrected chi connectivity index (χ4v) is 1.51. The summed E-state index contributed by atoms with van der Waals surface area (Å²) in [5.74, 6) is 0. The first-order valence-electron chi connectivity index (χ1n) is 5.37. The van der Waals surface area contributed by atoms with E-state index in [-0.39, 0.29) is 0 Å². The lowest BCUT2D eigenvalue weighted by molar-refractivity contribution is 0.602. The molecule has 0 aliphatic heterocycles. The van der Waals surface area contributed by atoms with Gasteiger partial charge in [-0.15, -0.1) is 0 Å². The lowest BCUT2D eigenvalue weighted by Gasteiger charge is -2.26. The molecule has 1 atom stereocenters. The van der Waals surface area contributed by atoms with Crippen molar-refractivity contribution in [1.82, 2.24) is 5.32 Å². The topological polar surface area (TPSA) is 38.0 Å². The minimum Gasteiger partial charge on any atom is -0.394 e. The van der Waals surface area contributed by atoms with Gasteiger partial charge in [-0.1, -0.05) is 36.4 Å². The number of hydrogen-bond acceptors (Lipinski definition) is 2. The van der Waals surface area contributed by atoms with Gasteiger partial charge in [0, 0.05) is 7.05 Å². The third kappa shape index (κ3) is 2.74. The molecule has 0 aromatic heterocycles. The van der Waals surface area contributed by atoms with Gasteiger partial charge in [0.15, 0.2) is 0 Å². The number of aryl methyl sites for hydroxylation is 1. The number of benzene rings is 1. The van der Waals surface area contributed by atoms with E-state index in [2.05, 4.69) is 31.0 Å². The second-order valence-electron chi connectivity index (χ2n) is 4.22. The highest BCUT2D eigenvalue weighted by atomic mass is 14.8. The Balaban J connectivity index is 3.01. The second kappa shape index (κ2) is 4.99. The standard InChI is InChI=1S/C14H20N2/c1-11-6-5-7-13(10-11)14(3,15)12(2)8-9-16-4/h5-10,16H,2,15H2,1,3-4H3/b9-8-. The number of nitrogens with two attached hydrogens (primary N) is 1. The van der Waals surface area contributed by atoms with Crippen molar-refractivity contribution in [2.24, 2.45) is 5.73 Å². The molecule has 0 saturated heterocycles. The first-order chi connectivity index (χ1) is 7.48. The van der Waals surface area contributed by atoms with Crippen LogP contribution in [-0.4, -0.2) is 7.05 Å². The van der Waals surface area contributed by atoms with E-state index in [1.807, 2.05) is 38.4 Å². The van der Waals surface area contributed by atoms with E-state index in [4.69, 9.17) is 5.73 Å². The zero-order valence-electron chi connectivity index (χ0n) is 10.2. The molecular formula is C14H20N2. The van der Waals surface area contributed by atoms with Crippen LogP contribution in [0.5, 0.6) is 0 Å². The maximum Gasteiger partial charge on any atom is 0.0631 e. The maximum absolute atomic E-state index is 6.31. The molecule has 1 unspecified atom stereocenters. The van der Waals surface area contributed by atoms with Gasteiger partial charge in [-0.3, -0.25) is 0 Å². The number of nitrogens with one attached hydrogen (secondary N) is 1. The van der Waals surface area contributed by atoms with Crippen LogP contribution in [0.15, 0.2) is 48.7 Å². The van der Waals surface area contributed by atoms with E-state index in [1.54, 1.807) is 0 Å². The molecule has 0 saturated carbocycles. The average molecular weight is 216 g/mol. The molecule has 1 aromatic carbocycles. The van der Waals surface area contributed by atoms with Crippen LogP contribution in [0.1, 0.15) is 18.1 Å². The Kier molecular flexibility index (Phi) is 3.91. The van der Waals surface area contributed by atoms with Crippen LogP contribution in [-0.2, 0) is 5.54 Å². The summed E-state index contributed by atoms with van der Waals surface area (Å²) in [6.07, 6.45) is 3.74. The van der Waals surface area contributed by atoms with Gasteiger partial charge >= 0.3 is 0 Å². The first-order valence-corrected chi connectivity index (χ1v) is 5.37. The second-order valence-corrected chi connectivity index (χ2v) is 4.22. The van der Waals surface area contributed by atoms with Crippen molar-refractivity contribution in [2.45, 2.75) is 19.4 Å². The molecule has 0 spiro atoms. The van der Waals surface area contributed by atoms with Crippen LogP contribution in [0, 0.1) is 6.92 Å². The maximum atomic E-state index is 6.31. The molecule has 2 heteroatoms. The van der Waals surface area contributed by atoms with Crippen molar-refractivity contribution in [3.8, 4) is 0 Å². The monoisotopic (exact) mass is 216 g/mol. The fraction of sp³-hybridized carbons (Fsp3) is 0.286. The first kappa shape index (κ1) is 12.5. The van der Waals surface area contributed by atoms with Crippen LogP contribution >= 0.6 is 0 Å². The minimum atomic E-state index is -0.528. The Morgan fingerprint density at radius 1 is 1.50 bits per heavy atom. The van der Waals surface area contributed by atoms with E-state index < -0.39 is 5.54 Å². The molecular weight excluding hydrogens is 196 g/mol. The summed E-state index contributed by atoms with van der Waals surface area (Å²) in [5, 5.41) is 2.94. The number of rotatable bonds is 4. The van der Waals surface area contributed by atoms with Gasteiger partial charge in [0.05, 0.1) is 5.54 Å². The van der Waals surface area contributed by atoms with E-state index >= 15 is 0 Å². The van der Waals surface area contributed by atoms with Crippen LogP contribution in [0.2, 0.25) is 0 Å². The summed E-state index contributed by atoms with van der Waals surface area (Å²) in [7, 11) is 1.85. The van der Waals surface area contributed by atoms with Crippen LogP contribution in [0.25, 0.3) is 0 Å². The van der Waals surface area contributed by atoms with Gasteiger partial charge in [-0.25, -0.2) is 0 Å². The molecule has 0 heterocycles. The summed E-state index contributed by atoms with van der Waals surface area (Å²) >= 11 is 0. The van der Waals surface area contributed by atoms with Crippen molar-refractivity contribution < 1.29 is 0 Å². The summed E-state index contributed by atoms with van der Waals surface area (Å²) < 4.78 is 0. The Bertz CT molecular complexity index is 403. The quantitative estimate of drug-likeness (QED) is 0.759. The molecule has 1 rings (SSSR count). The van der Waals surface area contributed by atoms with Crippen LogP contribution < -0.4 is 11.1 Å². The molecule has 0 fully saturated rings. The van der Waals surface area contributed by atoms with Gasteiger partial charge < -0.3 is 11.1 Å². The molecule has 1 aromatic rings. The molecule has 0 aliphatic carbocycles. The molecule has 16 heavy (non-hydrogen) atoms. The predicted molar refractivity (Wildman–Crippen MR) is 70.1 cm³/mol. The Hall–Kier alpha value is -1.54. The smallest absolute Gasteiger partial charge is 0.0631 e. The lowest BCUT2D eigenvalue weighted by Crippen LogP contribution is -2.34. The Labute approximate surface area is 97.9 Å². The molecule has 3 N–H and O–H groups in total. The molecule has 0 aliphatic rings. The zero-order chi connectivity index (χ0) is 12.2. The number of hydrogen-bond donors (Lipinski definition) is 2. The predicted octanol–water partition coefficient (Wildman–Crippen LogP) is 2.46. The van der Waals surface area contributed by atoms with Gasteiger partial charge in [0.25, 0.3) is 0 Å². The zero-order valence-corrected chi connectivity index (χ0v) is 10.2. The fourth-order valence-electron chi connectivity index (χ4n) is 1.51. The highest BCUT2D eigenvalue weighted by Gasteiger charge is 2.23. The summed E-state index contributed by atoms with van der Waals surface area (Å²) in [5.41, 5.74) is 8.96. The lowest BCUT2D eigenvalue weighted by atomic mass is 9.85. The van der Waals surface area contributed by atoms with Crippen molar-refractivity contribution in [3.63, 3.8) is 0 Å². The van der Waals surface area contributed by atoms with E-state index in [0.29, 0.717) is 0 Å². The molecule has 0 radical (unpaired) electrons. The summed E-state index contributed by atoms with van der Waals surface area (Å²) in [4.78, 5) is 0. The third-order valence-corrected chi connectivity index (χ3v) is 2.74. The summed E-state index contributed by atoms with van der Waals surface area (Å²) in [6.45, 7) is 8.06. The van der Waals surface area contributed by atoms with E-state index in [1.165, 1.54) is 5.56 Å². The van der Waals surface area contributed by atoms with Crippen LogP contribution in [0.4, 0.5) is 0 Å². The van der Waals surface area contributed by atoms with E-state index in [0.717, 1.165) is 11.1 Å². The van der Waals surface area contributed by atoms with Gasteiger partial charge in [-0.2, -0.15) is 0 Å². The van der Waals surface area contributed by atoms with Crippen LogP contribution in [0.3, 0.4) is 0 Å². The molecule has 0 amide bonds. The Morgan fingerprint density at radius 2 is 2.19 bits per heavy atom. The third-order valence-electron chi connectivity index (χ3n) is 2.74. The molecule has 0 bridgehead atoms. The van der Waals surface area contributed by atoms with Crippen molar-refractivity contribution >= 4 is 0 Å². The van der Waals surface area contributed by atoms with Gasteiger partial charge in [-0.05, 0) is 37.3 Å². The average Bonchev–Trinajstić information content (AvgIpc) is 2.25. The summed E-state index contributed by atoms with van der Waals surface area (Å²) in [6, 6.07) is 8.21. The molecule has 86 valence electrons. The minimum absolute atomic E-state index is 0.528. The van der Waals surface area contributed by atoms with E-state index in [9.17, 15) is 0 Å².